The third-order valence-electron chi connectivity index (χ3n) is 3.12. The van der Waals surface area contributed by atoms with Crippen molar-refractivity contribution in [1.29, 1.82) is 0 Å². The van der Waals surface area contributed by atoms with Gasteiger partial charge < -0.3 is 15.2 Å². The Kier molecular flexibility index (Phi) is 4.63. The van der Waals surface area contributed by atoms with Crippen LogP contribution < -0.4 is 15.2 Å². The number of rotatable bonds is 6. The van der Waals surface area contributed by atoms with E-state index in [1.165, 1.54) is 0 Å². The zero-order valence-corrected chi connectivity index (χ0v) is 12.2. The van der Waals surface area contributed by atoms with Crippen LogP contribution in [0.15, 0.2) is 30.6 Å². The summed E-state index contributed by atoms with van der Waals surface area (Å²) in [5.41, 5.74) is 8.04. The monoisotopic (exact) mass is 275 g/mol. The molecule has 1 atom stereocenters. The van der Waals surface area contributed by atoms with E-state index in [9.17, 15) is 0 Å². The van der Waals surface area contributed by atoms with Gasteiger partial charge in [0.05, 0.1) is 19.9 Å². The summed E-state index contributed by atoms with van der Waals surface area (Å²) in [5, 5.41) is 4.13. The lowest BCUT2D eigenvalue weighted by molar-refractivity contribution is 0.297. The van der Waals surface area contributed by atoms with Crippen LogP contribution in [0.25, 0.3) is 0 Å². The quantitative estimate of drug-likeness (QED) is 0.876. The van der Waals surface area contributed by atoms with E-state index < -0.39 is 0 Å². The van der Waals surface area contributed by atoms with E-state index in [1.807, 2.05) is 44.6 Å². The summed E-state index contributed by atoms with van der Waals surface area (Å²) < 4.78 is 12.9. The smallest absolute Gasteiger partial charge is 0.161 e. The fraction of sp³-hybridized carbons (Fsp3) is 0.400. The minimum atomic E-state index is -0.0201. The zero-order valence-electron chi connectivity index (χ0n) is 12.2. The minimum absolute atomic E-state index is 0.0201. The third kappa shape index (κ3) is 3.51. The molecule has 0 radical (unpaired) electrons. The molecule has 2 N–H and O–H groups in total. The molecule has 1 heterocycles. The highest BCUT2D eigenvalue weighted by atomic mass is 16.5. The first-order valence-corrected chi connectivity index (χ1v) is 6.64. The van der Waals surface area contributed by atoms with Crippen molar-refractivity contribution in [2.45, 2.75) is 19.4 Å². The molecule has 1 aromatic heterocycles. The summed E-state index contributed by atoms with van der Waals surface area (Å²) in [6.45, 7) is 2.53. The second-order valence-corrected chi connectivity index (χ2v) is 4.82. The Hall–Kier alpha value is -2.01. The van der Waals surface area contributed by atoms with Gasteiger partial charge in [0.2, 0.25) is 0 Å². The predicted molar refractivity (Wildman–Crippen MR) is 78.0 cm³/mol. The number of hydrogen-bond acceptors (Lipinski definition) is 4. The molecular weight excluding hydrogens is 254 g/mol. The summed E-state index contributed by atoms with van der Waals surface area (Å²) in [6.07, 6.45) is 4.64. The van der Waals surface area contributed by atoms with Crippen LogP contribution in [0.4, 0.5) is 0 Å². The Balaban J connectivity index is 1.98. The molecule has 0 aliphatic carbocycles. The Morgan fingerprint density at radius 2 is 2.15 bits per heavy atom. The molecule has 1 unspecified atom stereocenters. The molecule has 20 heavy (non-hydrogen) atoms. The van der Waals surface area contributed by atoms with Crippen LogP contribution in [0, 0.1) is 0 Å². The van der Waals surface area contributed by atoms with Gasteiger partial charge in [-0.05, 0) is 30.2 Å². The van der Waals surface area contributed by atoms with Crippen molar-refractivity contribution in [3.8, 4) is 11.5 Å². The lowest BCUT2D eigenvalue weighted by Gasteiger charge is -2.13. The summed E-state index contributed by atoms with van der Waals surface area (Å²) >= 11 is 0. The highest BCUT2D eigenvalue weighted by Gasteiger charge is 2.08. The summed E-state index contributed by atoms with van der Waals surface area (Å²) in [4.78, 5) is 0. The molecule has 5 heteroatoms. The lowest BCUT2D eigenvalue weighted by Crippen LogP contribution is -2.06. The van der Waals surface area contributed by atoms with E-state index in [-0.39, 0.29) is 6.04 Å². The molecule has 0 aliphatic heterocycles. The van der Waals surface area contributed by atoms with Crippen LogP contribution >= 0.6 is 0 Å². The SMILES string of the molecule is COc1cc(C(C)N)ccc1OCCc1cnn(C)c1. The second kappa shape index (κ2) is 6.43. The second-order valence-electron chi connectivity index (χ2n) is 4.82. The van der Waals surface area contributed by atoms with Crippen LogP contribution in [-0.2, 0) is 13.5 Å². The Morgan fingerprint density at radius 3 is 2.75 bits per heavy atom. The molecule has 0 bridgehead atoms. The van der Waals surface area contributed by atoms with Crippen molar-refractivity contribution in [3.63, 3.8) is 0 Å². The van der Waals surface area contributed by atoms with E-state index in [4.69, 9.17) is 15.2 Å². The molecule has 108 valence electrons. The maximum absolute atomic E-state index is 5.86. The van der Waals surface area contributed by atoms with Crippen LogP contribution in [0.2, 0.25) is 0 Å². The largest absolute Gasteiger partial charge is 0.493 e. The number of nitrogens with zero attached hydrogens (tertiary/aromatic N) is 2. The number of aryl methyl sites for hydroxylation is 1. The maximum Gasteiger partial charge on any atom is 0.161 e. The average Bonchev–Trinajstić information content (AvgIpc) is 2.84. The number of hydrogen-bond donors (Lipinski definition) is 1. The van der Waals surface area contributed by atoms with Gasteiger partial charge in [0.25, 0.3) is 0 Å². The van der Waals surface area contributed by atoms with Crippen molar-refractivity contribution in [3.05, 3.63) is 41.7 Å². The lowest BCUT2D eigenvalue weighted by atomic mass is 10.1. The molecule has 0 amide bonds. The van der Waals surface area contributed by atoms with Gasteiger partial charge in [-0.1, -0.05) is 6.07 Å². The van der Waals surface area contributed by atoms with Gasteiger partial charge >= 0.3 is 0 Å². The fourth-order valence-corrected chi connectivity index (χ4v) is 1.97. The van der Waals surface area contributed by atoms with Crippen molar-refractivity contribution in [1.82, 2.24) is 9.78 Å². The summed E-state index contributed by atoms with van der Waals surface area (Å²) in [5.74, 6) is 1.45. The highest BCUT2D eigenvalue weighted by molar-refractivity contribution is 5.43. The molecule has 0 spiro atoms. The van der Waals surface area contributed by atoms with E-state index in [0.717, 1.165) is 23.3 Å². The maximum atomic E-state index is 5.86. The van der Waals surface area contributed by atoms with Crippen LogP contribution in [0.5, 0.6) is 11.5 Å². The first kappa shape index (κ1) is 14.4. The van der Waals surface area contributed by atoms with Gasteiger partial charge in [0.15, 0.2) is 11.5 Å². The van der Waals surface area contributed by atoms with E-state index in [2.05, 4.69) is 5.10 Å². The normalized spacial score (nSPS) is 12.2. The van der Waals surface area contributed by atoms with Crippen LogP contribution in [0.1, 0.15) is 24.1 Å². The molecular formula is C15H21N3O2. The van der Waals surface area contributed by atoms with E-state index >= 15 is 0 Å². The molecule has 0 saturated heterocycles. The standard InChI is InChI=1S/C15H21N3O2/c1-11(16)13-4-5-14(15(8-13)19-3)20-7-6-12-9-17-18(2)10-12/h4-5,8-11H,6-7,16H2,1-3H3. The summed E-state index contributed by atoms with van der Waals surface area (Å²) in [6, 6.07) is 5.77. The molecule has 2 aromatic rings. The predicted octanol–water partition coefficient (Wildman–Crippen LogP) is 2.07. The molecule has 5 nitrogen and oxygen atoms in total. The third-order valence-corrected chi connectivity index (χ3v) is 3.12. The van der Waals surface area contributed by atoms with Gasteiger partial charge in [0, 0.05) is 25.7 Å². The first-order chi connectivity index (χ1) is 9.60. The molecule has 1 aromatic carbocycles. The van der Waals surface area contributed by atoms with Crippen molar-refractivity contribution < 1.29 is 9.47 Å². The highest BCUT2D eigenvalue weighted by Crippen LogP contribution is 2.29. The summed E-state index contributed by atoms with van der Waals surface area (Å²) in [7, 11) is 3.54. The van der Waals surface area contributed by atoms with Gasteiger partial charge in [-0.3, -0.25) is 4.68 Å². The van der Waals surface area contributed by atoms with E-state index in [1.54, 1.807) is 11.8 Å². The van der Waals surface area contributed by atoms with Crippen molar-refractivity contribution in [2.24, 2.45) is 12.8 Å². The average molecular weight is 275 g/mol. The number of aromatic nitrogens is 2. The Bertz CT molecular complexity index is 564. The number of benzene rings is 1. The molecule has 0 saturated carbocycles. The van der Waals surface area contributed by atoms with Crippen LogP contribution in [0.3, 0.4) is 0 Å². The fourth-order valence-electron chi connectivity index (χ4n) is 1.97. The van der Waals surface area contributed by atoms with Crippen LogP contribution in [-0.4, -0.2) is 23.5 Å². The molecule has 2 rings (SSSR count). The number of methoxy groups -OCH3 is 1. The topological polar surface area (TPSA) is 62.3 Å². The molecule has 0 aliphatic rings. The van der Waals surface area contributed by atoms with Gasteiger partial charge in [-0.25, -0.2) is 0 Å². The first-order valence-electron chi connectivity index (χ1n) is 6.64. The van der Waals surface area contributed by atoms with Gasteiger partial charge in [0.1, 0.15) is 0 Å². The van der Waals surface area contributed by atoms with E-state index in [0.29, 0.717) is 12.4 Å². The minimum Gasteiger partial charge on any atom is -0.493 e. The Morgan fingerprint density at radius 1 is 1.35 bits per heavy atom. The van der Waals surface area contributed by atoms with Gasteiger partial charge in [-0.2, -0.15) is 5.10 Å². The van der Waals surface area contributed by atoms with Crippen molar-refractivity contribution in [2.75, 3.05) is 13.7 Å². The Labute approximate surface area is 119 Å². The number of nitrogens with two attached hydrogens (primary N) is 1. The zero-order chi connectivity index (χ0) is 14.5. The van der Waals surface area contributed by atoms with Crippen molar-refractivity contribution >= 4 is 0 Å². The van der Waals surface area contributed by atoms with Gasteiger partial charge in [-0.15, -0.1) is 0 Å². The number of ether oxygens (including phenoxy) is 2. The molecule has 0 fully saturated rings.